The van der Waals surface area contributed by atoms with Gasteiger partial charge in [0.1, 0.15) is 0 Å². The molecule has 0 saturated carbocycles. The Kier molecular flexibility index (Phi) is 5.98. The first kappa shape index (κ1) is 19.0. The highest BCUT2D eigenvalue weighted by atomic mass is 16.2. The number of benzene rings is 1. The molecule has 1 atom stereocenters. The van der Waals surface area contributed by atoms with Crippen LogP contribution in [-0.4, -0.2) is 38.0 Å². The van der Waals surface area contributed by atoms with Gasteiger partial charge in [-0.2, -0.15) is 0 Å². The summed E-state index contributed by atoms with van der Waals surface area (Å²) in [5.74, 6) is -0.184. The molecular formula is C23H31N3O2. The van der Waals surface area contributed by atoms with E-state index < -0.39 is 0 Å². The predicted molar refractivity (Wildman–Crippen MR) is 113 cm³/mol. The van der Waals surface area contributed by atoms with E-state index in [1.54, 1.807) is 4.90 Å². The third-order valence-corrected chi connectivity index (χ3v) is 6.26. The second-order valence-electron chi connectivity index (χ2n) is 8.27. The number of carbonyl (C=O) groups excluding carboxylic acids is 2. The molecule has 3 aliphatic rings. The molecule has 0 radical (unpaired) electrons. The summed E-state index contributed by atoms with van der Waals surface area (Å²) in [7, 11) is 0. The SMILES string of the molecule is O=C(NCCC1=CCCCC1)C1CC(=O)N(c2ccc(N3CCCC3)cc2)C1. The molecule has 5 heteroatoms. The van der Waals surface area contributed by atoms with E-state index in [4.69, 9.17) is 0 Å². The van der Waals surface area contributed by atoms with Crippen LogP contribution in [0.1, 0.15) is 51.4 Å². The highest BCUT2D eigenvalue weighted by Crippen LogP contribution is 2.28. The zero-order valence-corrected chi connectivity index (χ0v) is 16.7. The minimum absolute atomic E-state index is 0.0148. The number of nitrogens with zero attached hydrogens (tertiary/aromatic N) is 2. The summed E-state index contributed by atoms with van der Waals surface area (Å²) >= 11 is 0. The van der Waals surface area contributed by atoms with Crippen LogP contribution in [0, 0.1) is 5.92 Å². The molecule has 5 nitrogen and oxygen atoms in total. The Morgan fingerprint density at radius 3 is 2.50 bits per heavy atom. The number of allylic oxidation sites excluding steroid dienone is 1. The number of carbonyl (C=O) groups is 2. The van der Waals surface area contributed by atoms with Crippen molar-refractivity contribution in [3.05, 3.63) is 35.9 Å². The summed E-state index contributed by atoms with van der Waals surface area (Å²) in [4.78, 5) is 29.1. The Morgan fingerprint density at radius 1 is 1.04 bits per heavy atom. The van der Waals surface area contributed by atoms with Gasteiger partial charge >= 0.3 is 0 Å². The second-order valence-corrected chi connectivity index (χ2v) is 8.27. The Labute approximate surface area is 167 Å². The maximum absolute atomic E-state index is 12.5. The molecule has 2 fully saturated rings. The lowest BCUT2D eigenvalue weighted by Gasteiger charge is -2.21. The average Bonchev–Trinajstić information content (AvgIpc) is 3.39. The van der Waals surface area contributed by atoms with Gasteiger partial charge in [0, 0.05) is 44.0 Å². The first-order valence-electron chi connectivity index (χ1n) is 10.8. The van der Waals surface area contributed by atoms with E-state index in [1.165, 1.54) is 49.8 Å². The van der Waals surface area contributed by atoms with Crippen molar-refractivity contribution in [3.63, 3.8) is 0 Å². The van der Waals surface area contributed by atoms with Crippen molar-refractivity contribution in [1.29, 1.82) is 0 Å². The van der Waals surface area contributed by atoms with E-state index in [1.807, 2.05) is 12.1 Å². The lowest BCUT2D eigenvalue weighted by atomic mass is 9.97. The first-order chi connectivity index (χ1) is 13.7. The zero-order chi connectivity index (χ0) is 19.3. The summed E-state index contributed by atoms with van der Waals surface area (Å²) in [6, 6.07) is 8.22. The molecule has 1 aromatic carbocycles. The summed E-state index contributed by atoms with van der Waals surface area (Å²) in [6.07, 6.45) is 11.0. The molecule has 2 aliphatic heterocycles. The van der Waals surface area contributed by atoms with Gasteiger partial charge in [0.25, 0.3) is 0 Å². The largest absolute Gasteiger partial charge is 0.372 e. The highest BCUT2D eigenvalue weighted by molar-refractivity contribution is 6.00. The number of hydrogen-bond acceptors (Lipinski definition) is 3. The molecule has 1 N–H and O–H groups in total. The van der Waals surface area contributed by atoms with Gasteiger partial charge in [0.15, 0.2) is 0 Å². The van der Waals surface area contributed by atoms with Gasteiger partial charge in [-0.3, -0.25) is 9.59 Å². The maximum atomic E-state index is 12.5. The number of rotatable bonds is 6. The van der Waals surface area contributed by atoms with E-state index in [9.17, 15) is 9.59 Å². The van der Waals surface area contributed by atoms with Crippen molar-refractivity contribution in [2.45, 2.75) is 51.4 Å². The third kappa shape index (κ3) is 4.40. The van der Waals surface area contributed by atoms with Gasteiger partial charge in [-0.25, -0.2) is 0 Å². The average molecular weight is 382 g/mol. The fraction of sp³-hybridized carbons (Fsp3) is 0.565. The molecular weight excluding hydrogens is 350 g/mol. The quantitative estimate of drug-likeness (QED) is 0.766. The summed E-state index contributed by atoms with van der Waals surface area (Å²) < 4.78 is 0. The predicted octanol–water partition coefficient (Wildman–Crippen LogP) is 3.65. The van der Waals surface area contributed by atoms with Crippen molar-refractivity contribution in [3.8, 4) is 0 Å². The van der Waals surface area contributed by atoms with Gasteiger partial charge in [0.2, 0.25) is 11.8 Å². The highest BCUT2D eigenvalue weighted by Gasteiger charge is 2.35. The smallest absolute Gasteiger partial charge is 0.227 e. The minimum Gasteiger partial charge on any atom is -0.372 e. The van der Waals surface area contributed by atoms with E-state index in [-0.39, 0.29) is 17.7 Å². The lowest BCUT2D eigenvalue weighted by Crippen LogP contribution is -2.33. The van der Waals surface area contributed by atoms with Gasteiger partial charge in [-0.05, 0) is 69.2 Å². The molecule has 1 unspecified atom stereocenters. The van der Waals surface area contributed by atoms with Crippen LogP contribution in [0.4, 0.5) is 11.4 Å². The Morgan fingerprint density at radius 2 is 1.79 bits per heavy atom. The molecule has 150 valence electrons. The fourth-order valence-electron chi connectivity index (χ4n) is 4.57. The monoisotopic (exact) mass is 381 g/mol. The molecule has 0 spiro atoms. The Balaban J connectivity index is 1.29. The van der Waals surface area contributed by atoms with Crippen LogP contribution in [0.3, 0.4) is 0 Å². The summed E-state index contributed by atoms with van der Waals surface area (Å²) in [5, 5.41) is 3.05. The van der Waals surface area contributed by atoms with Crippen LogP contribution in [0.5, 0.6) is 0 Å². The normalized spacial score (nSPS) is 22.5. The molecule has 2 saturated heterocycles. The molecule has 2 amide bonds. The molecule has 4 rings (SSSR count). The van der Waals surface area contributed by atoms with Crippen molar-refractivity contribution in [2.75, 3.05) is 36.0 Å². The fourth-order valence-corrected chi connectivity index (χ4v) is 4.57. The second kappa shape index (κ2) is 8.80. The number of anilines is 2. The van der Waals surface area contributed by atoms with Crippen molar-refractivity contribution in [1.82, 2.24) is 5.32 Å². The Hall–Kier alpha value is -2.30. The standard InChI is InChI=1S/C23H31N3O2/c27-22-16-19(23(28)24-13-12-18-6-2-1-3-7-18)17-26(22)21-10-8-20(9-11-21)25-14-4-5-15-25/h6,8-11,19H,1-5,7,12-17H2,(H,24,28). The van der Waals surface area contributed by atoms with Crippen LogP contribution < -0.4 is 15.1 Å². The number of nitrogens with one attached hydrogen (secondary N) is 1. The number of amides is 2. The van der Waals surface area contributed by atoms with Gasteiger partial charge in [-0.1, -0.05) is 11.6 Å². The topological polar surface area (TPSA) is 52.7 Å². The summed E-state index contributed by atoms with van der Waals surface area (Å²) in [6.45, 7) is 3.39. The van der Waals surface area contributed by atoms with Crippen molar-refractivity contribution >= 4 is 23.2 Å². The van der Waals surface area contributed by atoms with E-state index in [2.05, 4.69) is 28.4 Å². The molecule has 0 aromatic heterocycles. The van der Waals surface area contributed by atoms with Crippen LogP contribution >= 0.6 is 0 Å². The van der Waals surface area contributed by atoms with Gasteiger partial charge < -0.3 is 15.1 Å². The molecule has 1 aromatic rings. The van der Waals surface area contributed by atoms with Gasteiger partial charge in [0.05, 0.1) is 5.92 Å². The van der Waals surface area contributed by atoms with Crippen molar-refractivity contribution in [2.24, 2.45) is 5.92 Å². The van der Waals surface area contributed by atoms with Crippen LogP contribution in [0.25, 0.3) is 0 Å². The van der Waals surface area contributed by atoms with Gasteiger partial charge in [-0.15, -0.1) is 0 Å². The number of hydrogen-bond donors (Lipinski definition) is 1. The Bertz CT molecular complexity index is 735. The van der Waals surface area contributed by atoms with E-state index in [0.717, 1.165) is 25.2 Å². The molecule has 0 bridgehead atoms. The van der Waals surface area contributed by atoms with Crippen LogP contribution in [0.15, 0.2) is 35.9 Å². The zero-order valence-electron chi connectivity index (χ0n) is 16.7. The third-order valence-electron chi connectivity index (χ3n) is 6.26. The van der Waals surface area contributed by atoms with E-state index in [0.29, 0.717) is 19.5 Å². The first-order valence-corrected chi connectivity index (χ1v) is 10.8. The molecule has 1 aliphatic carbocycles. The lowest BCUT2D eigenvalue weighted by molar-refractivity contribution is -0.126. The summed E-state index contributed by atoms with van der Waals surface area (Å²) in [5.41, 5.74) is 3.59. The van der Waals surface area contributed by atoms with Crippen molar-refractivity contribution < 1.29 is 9.59 Å². The van der Waals surface area contributed by atoms with E-state index >= 15 is 0 Å². The minimum atomic E-state index is -0.244. The molecule has 2 heterocycles. The van der Waals surface area contributed by atoms with Crippen LogP contribution in [0.2, 0.25) is 0 Å². The molecule has 28 heavy (non-hydrogen) atoms. The maximum Gasteiger partial charge on any atom is 0.227 e. The van der Waals surface area contributed by atoms with Crippen LogP contribution in [-0.2, 0) is 9.59 Å².